The molecule has 0 aromatic heterocycles. The van der Waals surface area contributed by atoms with E-state index >= 15 is 0 Å². The van der Waals surface area contributed by atoms with E-state index < -0.39 is 21.0 Å². The molecular weight excluding hydrogens is 250 g/mol. The SMILES string of the molecule is CN(CCCN)S(=O)(=O)NCCCS(C)=O. The zero-order chi connectivity index (χ0) is 12.6. The van der Waals surface area contributed by atoms with E-state index in [1.807, 2.05) is 0 Å². The van der Waals surface area contributed by atoms with Crippen molar-refractivity contribution >= 4 is 21.0 Å². The molecule has 0 spiro atoms. The van der Waals surface area contributed by atoms with Crippen LogP contribution in [0.2, 0.25) is 0 Å². The molecule has 16 heavy (non-hydrogen) atoms. The minimum Gasteiger partial charge on any atom is -0.330 e. The fraction of sp³-hybridized carbons (Fsp3) is 1.00. The monoisotopic (exact) mass is 271 g/mol. The van der Waals surface area contributed by atoms with Crippen molar-refractivity contribution in [2.45, 2.75) is 12.8 Å². The van der Waals surface area contributed by atoms with Gasteiger partial charge in [-0.25, -0.2) is 4.72 Å². The summed E-state index contributed by atoms with van der Waals surface area (Å²) in [5, 5.41) is 0. The van der Waals surface area contributed by atoms with Crippen molar-refractivity contribution in [1.82, 2.24) is 9.03 Å². The summed E-state index contributed by atoms with van der Waals surface area (Å²) in [7, 11) is -2.77. The molecule has 0 amide bonds. The molecule has 1 unspecified atom stereocenters. The first-order valence-electron chi connectivity index (χ1n) is 5.11. The second kappa shape index (κ2) is 8.13. The third kappa shape index (κ3) is 7.29. The highest BCUT2D eigenvalue weighted by Crippen LogP contribution is 1.95. The van der Waals surface area contributed by atoms with Crippen LogP contribution in [0.25, 0.3) is 0 Å². The molecule has 0 saturated carbocycles. The first kappa shape index (κ1) is 16.0. The van der Waals surface area contributed by atoms with E-state index in [9.17, 15) is 12.6 Å². The summed E-state index contributed by atoms with van der Waals surface area (Å²) >= 11 is 0. The molecule has 0 aliphatic heterocycles. The Hall–Kier alpha value is -0.0200. The lowest BCUT2D eigenvalue weighted by Crippen LogP contribution is -2.39. The lowest BCUT2D eigenvalue weighted by molar-refractivity contribution is 0.453. The Labute approximate surface area is 100 Å². The lowest BCUT2D eigenvalue weighted by Gasteiger charge is -2.16. The quantitative estimate of drug-likeness (QED) is 0.519. The van der Waals surface area contributed by atoms with Gasteiger partial charge in [-0.15, -0.1) is 0 Å². The van der Waals surface area contributed by atoms with Crippen molar-refractivity contribution in [3.05, 3.63) is 0 Å². The summed E-state index contributed by atoms with van der Waals surface area (Å²) < 4.78 is 37.6. The van der Waals surface area contributed by atoms with Gasteiger partial charge in [-0.05, 0) is 19.4 Å². The van der Waals surface area contributed by atoms with Crippen LogP contribution in [-0.4, -0.2) is 55.6 Å². The van der Waals surface area contributed by atoms with Crippen LogP contribution in [0.15, 0.2) is 0 Å². The molecule has 3 N–H and O–H groups in total. The molecule has 0 bridgehead atoms. The standard InChI is InChI=1S/C8H21N3O3S2/c1-11(7-3-5-9)16(13,14)10-6-4-8-15(2)12/h10H,3-9H2,1-2H3. The van der Waals surface area contributed by atoms with Crippen molar-refractivity contribution < 1.29 is 12.6 Å². The number of nitrogens with two attached hydrogens (primary N) is 1. The van der Waals surface area contributed by atoms with Gasteiger partial charge in [-0.1, -0.05) is 0 Å². The number of hydrogen-bond donors (Lipinski definition) is 2. The first-order valence-corrected chi connectivity index (χ1v) is 8.28. The Morgan fingerprint density at radius 3 is 2.50 bits per heavy atom. The summed E-state index contributed by atoms with van der Waals surface area (Å²) in [4.78, 5) is 0. The molecule has 0 aliphatic carbocycles. The zero-order valence-corrected chi connectivity index (χ0v) is 11.4. The average molecular weight is 271 g/mol. The van der Waals surface area contributed by atoms with Crippen LogP contribution in [0.5, 0.6) is 0 Å². The Bertz CT molecular complexity index is 306. The van der Waals surface area contributed by atoms with Crippen LogP contribution in [0.4, 0.5) is 0 Å². The number of nitrogens with one attached hydrogen (secondary N) is 1. The summed E-state index contributed by atoms with van der Waals surface area (Å²) in [6, 6.07) is 0. The Morgan fingerprint density at radius 2 is 2.00 bits per heavy atom. The van der Waals surface area contributed by atoms with Gasteiger partial charge >= 0.3 is 0 Å². The van der Waals surface area contributed by atoms with Crippen molar-refractivity contribution in [3.63, 3.8) is 0 Å². The van der Waals surface area contributed by atoms with Crippen molar-refractivity contribution in [1.29, 1.82) is 0 Å². The van der Waals surface area contributed by atoms with E-state index in [1.54, 1.807) is 6.26 Å². The largest absolute Gasteiger partial charge is 0.330 e. The second-order valence-electron chi connectivity index (χ2n) is 3.49. The molecular formula is C8H21N3O3S2. The van der Waals surface area contributed by atoms with E-state index in [-0.39, 0.29) is 0 Å². The molecule has 0 aliphatic rings. The van der Waals surface area contributed by atoms with Crippen LogP contribution in [0, 0.1) is 0 Å². The maximum atomic E-state index is 11.6. The van der Waals surface area contributed by atoms with Crippen LogP contribution in [0.1, 0.15) is 12.8 Å². The molecule has 1 atom stereocenters. The van der Waals surface area contributed by atoms with Gasteiger partial charge in [0, 0.05) is 42.9 Å². The predicted octanol–water partition coefficient (Wildman–Crippen LogP) is -1.13. The number of nitrogens with zero attached hydrogens (tertiary/aromatic N) is 1. The number of rotatable bonds is 9. The van der Waals surface area contributed by atoms with E-state index in [4.69, 9.17) is 5.73 Å². The van der Waals surface area contributed by atoms with Gasteiger partial charge in [-0.2, -0.15) is 12.7 Å². The molecule has 98 valence electrons. The lowest BCUT2D eigenvalue weighted by atomic mass is 10.4. The van der Waals surface area contributed by atoms with Gasteiger partial charge in [-0.3, -0.25) is 4.21 Å². The Morgan fingerprint density at radius 1 is 1.38 bits per heavy atom. The molecule has 0 saturated heterocycles. The zero-order valence-electron chi connectivity index (χ0n) is 9.81. The van der Waals surface area contributed by atoms with E-state index in [1.165, 1.54) is 11.4 Å². The average Bonchev–Trinajstić information content (AvgIpc) is 2.20. The van der Waals surface area contributed by atoms with Crippen molar-refractivity contribution in [3.8, 4) is 0 Å². The third-order valence-electron chi connectivity index (χ3n) is 1.98. The summed E-state index contributed by atoms with van der Waals surface area (Å²) in [6.07, 6.45) is 2.81. The molecule has 0 radical (unpaired) electrons. The molecule has 0 rings (SSSR count). The van der Waals surface area contributed by atoms with Crippen molar-refractivity contribution in [2.24, 2.45) is 5.73 Å². The van der Waals surface area contributed by atoms with Gasteiger partial charge in [0.15, 0.2) is 0 Å². The molecule has 6 nitrogen and oxygen atoms in total. The van der Waals surface area contributed by atoms with Gasteiger partial charge in [0.25, 0.3) is 10.2 Å². The second-order valence-corrected chi connectivity index (χ2v) is 6.91. The summed E-state index contributed by atoms with van der Waals surface area (Å²) in [6.45, 7) is 1.19. The van der Waals surface area contributed by atoms with Gasteiger partial charge in [0.05, 0.1) is 0 Å². The topological polar surface area (TPSA) is 92.5 Å². The smallest absolute Gasteiger partial charge is 0.279 e. The highest BCUT2D eigenvalue weighted by atomic mass is 32.2. The normalized spacial score (nSPS) is 14.2. The van der Waals surface area contributed by atoms with Crippen LogP contribution in [-0.2, 0) is 21.0 Å². The molecule has 8 heteroatoms. The van der Waals surface area contributed by atoms with Gasteiger partial charge < -0.3 is 5.73 Å². The maximum Gasteiger partial charge on any atom is 0.279 e. The molecule has 0 aromatic carbocycles. The minimum absolute atomic E-state index is 0.314. The summed E-state index contributed by atoms with van der Waals surface area (Å²) in [5.74, 6) is 0.509. The maximum absolute atomic E-state index is 11.6. The predicted molar refractivity (Wildman–Crippen MR) is 66.8 cm³/mol. The minimum atomic E-state index is -3.40. The number of hydrogen-bond acceptors (Lipinski definition) is 4. The fourth-order valence-electron chi connectivity index (χ4n) is 1.02. The van der Waals surface area contributed by atoms with Gasteiger partial charge in [0.1, 0.15) is 0 Å². The van der Waals surface area contributed by atoms with E-state index in [0.717, 1.165) is 0 Å². The van der Waals surface area contributed by atoms with Crippen molar-refractivity contribution in [2.75, 3.05) is 38.7 Å². The molecule has 0 heterocycles. The molecule has 0 aromatic rings. The Kier molecular flexibility index (Phi) is 8.12. The molecule has 0 fully saturated rings. The van der Waals surface area contributed by atoms with E-state index in [2.05, 4.69) is 4.72 Å². The Balaban J connectivity index is 3.90. The van der Waals surface area contributed by atoms with Crippen LogP contribution in [0.3, 0.4) is 0 Å². The first-order chi connectivity index (χ1) is 7.40. The fourth-order valence-corrected chi connectivity index (χ4v) is 2.56. The van der Waals surface area contributed by atoms with Crippen LogP contribution >= 0.6 is 0 Å². The highest BCUT2D eigenvalue weighted by molar-refractivity contribution is 7.87. The summed E-state index contributed by atoms with van der Waals surface area (Å²) in [5.41, 5.74) is 5.30. The highest BCUT2D eigenvalue weighted by Gasteiger charge is 2.15. The van der Waals surface area contributed by atoms with E-state index in [0.29, 0.717) is 38.2 Å². The van der Waals surface area contributed by atoms with Gasteiger partial charge in [0.2, 0.25) is 0 Å². The van der Waals surface area contributed by atoms with Crippen LogP contribution < -0.4 is 10.5 Å². The third-order valence-corrected chi connectivity index (χ3v) is 4.42.